The van der Waals surface area contributed by atoms with Crippen molar-refractivity contribution in [3.63, 3.8) is 0 Å². The summed E-state index contributed by atoms with van der Waals surface area (Å²) in [5.74, 6) is 1.30. The number of rotatable bonds is 5. The molecule has 2 saturated carbocycles. The number of hydrogen-bond acceptors (Lipinski definition) is 2. The number of amides is 1. The maximum absolute atomic E-state index is 12.4. The average molecular weight is 236 g/mol. The SMILES string of the molecule is CCCC1NC2(CC2)C(=O)N1CCC1CCC1. The molecule has 1 amide bonds. The molecular weight excluding hydrogens is 212 g/mol. The first-order valence-corrected chi connectivity index (χ1v) is 7.34. The lowest BCUT2D eigenvalue weighted by molar-refractivity contribution is -0.131. The maximum Gasteiger partial charge on any atom is 0.244 e. The third-order valence-corrected chi connectivity index (χ3v) is 4.80. The Morgan fingerprint density at radius 3 is 2.65 bits per heavy atom. The first kappa shape index (κ1) is 11.5. The van der Waals surface area contributed by atoms with Gasteiger partial charge < -0.3 is 4.90 Å². The van der Waals surface area contributed by atoms with Crippen LogP contribution >= 0.6 is 0 Å². The second kappa shape index (κ2) is 4.27. The predicted molar refractivity (Wildman–Crippen MR) is 67.5 cm³/mol. The first-order chi connectivity index (χ1) is 8.25. The molecule has 1 aliphatic heterocycles. The fourth-order valence-electron chi connectivity index (χ4n) is 3.22. The Morgan fingerprint density at radius 1 is 1.35 bits per heavy atom. The maximum atomic E-state index is 12.4. The van der Waals surface area contributed by atoms with E-state index in [-0.39, 0.29) is 5.54 Å². The standard InChI is InChI=1S/C14H24N2O/c1-2-4-12-15-14(8-9-14)13(17)16(12)10-7-11-5-3-6-11/h11-12,15H,2-10H2,1H3. The summed E-state index contributed by atoms with van der Waals surface area (Å²) in [7, 11) is 0. The number of carbonyl (C=O) groups excluding carboxylic acids is 1. The molecule has 0 aromatic carbocycles. The van der Waals surface area contributed by atoms with Gasteiger partial charge in [0.15, 0.2) is 0 Å². The van der Waals surface area contributed by atoms with E-state index in [1.807, 2.05) is 0 Å². The zero-order chi connectivity index (χ0) is 11.9. The summed E-state index contributed by atoms with van der Waals surface area (Å²) in [5, 5.41) is 3.58. The minimum Gasteiger partial charge on any atom is -0.326 e. The quantitative estimate of drug-likeness (QED) is 0.794. The molecule has 0 bridgehead atoms. The monoisotopic (exact) mass is 236 g/mol. The Labute approximate surface area is 104 Å². The van der Waals surface area contributed by atoms with Gasteiger partial charge in [0.25, 0.3) is 0 Å². The molecule has 1 unspecified atom stereocenters. The molecule has 3 heteroatoms. The van der Waals surface area contributed by atoms with Crippen molar-refractivity contribution in [1.29, 1.82) is 0 Å². The zero-order valence-electron chi connectivity index (χ0n) is 10.9. The number of nitrogens with one attached hydrogen (secondary N) is 1. The average Bonchev–Trinajstić information content (AvgIpc) is 2.96. The van der Waals surface area contributed by atoms with E-state index in [0.29, 0.717) is 12.1 Å². The molecule has 1 spiro atoms. The van der Waals surface area contributed by atoms with Crippen LogP contribution in [0.25, 0.3) is 0 Å². The van der Waals surface area contributed by atoms with Crippen molar-refractivity contribution in [2.75, 3.05) is 6.54 Å². The smallest absolute Gasteiger partial charge is 0.244 e. The second-order valence-electron chi connectivity index (χ2n) is 6.12. The summed E-state index contributed by atoms with van der Waals surface area (Å²) >= 11 is 0. The number of hydrogen-bond donors (Lipinski definition) is 1. The summed E-state index contributed by atoms with van der Waals surface area (Å²) in [6.45, 7) is 3.19. The fraction of sp³-hybridized carbons (Fsp3) is 0.929. The topological polar surface area (TPSA) is 32.3 Å². The first-order valence-electron chi connectivity index (χ1n) is 7.34. The molecule has 17 heavy (non-hydrogen) atoms. The molecule has 3 fully saturated rings. The highest BCUT2D eigenvalue weighted by molar-refractivity contribution is 5.91. The van der Waals surface area contributed by atoms with Crippen molar-refractivity contribution in [3.05, 3.63) is 0 Å². The van der Waals surface area contributed by atoms with E-state index in [2.05, 4.69) is 17.1 Å². The van der Waals surface area contributed by atoms with Gasteiger partial charge in [-0.25, -0.2) is 0 Å². The Morgan fingerprint density at radius 2 is 2.12 bits per heavy atom. The highest BCUT2D eigenvalue weighted by atomic mass is 16.2. The van der Waals surface area contributed by atoms with E-state index in [1.165, 1.54) is 25.7 Å². The lowest BCUT2D eigenvalue weighted by atomic mass is 9.83. The van der Waals surface area contributed by atoms with Crippen molar-refractivity contribution in [2.24, 2.45) is 5.92 Å². The molecule has 3 rings (SSSR count). The van der Waals surface area contributed by atoms with Gasteiger partial charge in [-0.05, 0) is 31.6 Å². The summed E-state index contributed by atoms with van der Waals surface area (Å²) in [5.41, 5.74) is -0.112. The fourth-order valence-corrected chi connectivity index (χ4v) is 3.22. The predicted octanol–water partition coefficient (Wildman–Crippen LogP) is 2.27. The van der Waals surface area contributed by atoms with Crippen molar-refractivity contribution >= 4 is 5.91 Å². The third kappa shape index (κ3) is 1.99. The summed E-state index contributed by atoms with van der Waals surface area (Å²) < 4.78 is 0. The van der Waals surface area contributed by atoms with Crippen LogP contribution in [0.5, 0.6) is 0 Å². The molecule has 1 saturated heterocycles. The molecule has 96 valence electrons. The molecule has 1 N–H and O–H groups in total. The van der Waals surface area contributed by atoms with Gasteiger partial charge in [0.1, 0.15) is 0 Å². The van der Waals surface area contributed by atoms with E-state index in [9.17, 15) is 4.79 Å². The van der Waals surface area contributed by atoms with Crippen LogP contribution in [-0.4, -0.2) is 29.1 Å². The molecule has 1 heterocycles. The van der Waals surface area contributed by atoms with Crippen LogP contribution < -0.4 is 5.32 Å². The van der Waals surface area contributed by atoms with Crippen molar-refractivity contribution in [1.82, 2.24) is 10.2 Å². The Bertz CT molecular complexity index is 307. The van der Waals surface area contributed by atoms with Gasteiger partial charge in [0.2, 0.25) is 5.91 Å². The molecule has 0 aromatic heterocycles. The molecule has 3 nitrogen and oxygen atoms in total. The summed E-state index contributed by atoms with van der Waals surface area (Å²) in [6, 6.07) is 0. The lowest BCUT2D eigenvalue weighted by Gasteiger charge is -2.30. The summed E-state index contributed by atoms with van der Waals surface area (Å²) in [6.07, 6.45) is 10.1. The highest BCUT2D eigenvalue weighted by Gasteiger charge is 2.58. The van der Waals surface area contributed by atoms with Gasteiger partial charge in [0.05, 0.1) is 11.7 Å². The minimum atomic E-state index is -0.112. The third-order valence-electron chi connectivity index (χ3n) is 4.80. The molecule has 0 aromatic rings. The van der Waals surface area contributed by atoms with Crippen LogP contribution in [-0.2, 0) is 4.79 Å². The van der Waals surface area contributed by atoms with Gasteiger partial charge >= 0.3 is 0 Å². The van der Waals surface area contributed by atoms with Crippen molar-refractivity contribution in [3.8, 4) is 0 Å². The largest absolute Gasteiger partial charge is 0.326 e. The number of carbonyl (C=O) groups is 1. The van der Waals surface area contributed by atoms with Crippen LogP contribution in [0, 0.1) is 5.92 Å². The van der Waals surface area contributed by atoms with Gasteiger partial charge in [-0.1, -0.05) is 32.6 Å². The van der Waals surface area contributed by atoms with E-state index in [0.717, 1.165) is 38.1 Å². The Kier molecular flexibility index (Phi) is 2.89. The normalized spacial score (nSPS) is 31.0. The van der Waals surface area contributed by atoms with Gasteiger partial charge in [-0.2, -0.15) is 0 Å². The highest BCUT2D eigenvalue weighted by Crippen LogP contribution is 2.43. The van der Waals surface area contributed by atoms with E-state index < -0.39 is 0 Å². The number of nitrogens with zero attached hydrogens (tertiary/aromatic N) is 1. The minimum absolute atomic E-state index is 0.112. The van der Waals surface area contributed by atoms with Gasteiger partial charge in [-0.15, -0.1) is 0 Å². The van der Waals surface area contributed by atoms with Crippen LogP contribution in [0.3, 0.4) is 0 Å². The Balaban J connectivity index is 1.60. The molecule has 2 aliphatic carbocycles. The van der Waals surface area contributed by atoms with Crippen LogP contribution in [0.2, 0.25) is 0 Å². The van der Waals surface area contributed by atoms with E-state index in [4.69, 9.17) is 0 Å². The van der Waals surface area contributed by atoms with Gasteiger partial charge in [-0.3, -0.25) is 10.1 Å². The molecular formula is C14H24N2O. The van der Waals surface area contributed by atoms with Crippen LogP contribution in [0.1, 0.15) is 58.3 Å². The van der Waals surface area contributed by atoms with Crippen molar-refractivity contribution in [2.45, 2.75) is 70.0 Å². The van der Waals surface area contributed by atoms with E-state index >= 15 is 0 Å². The van der Waals surface area contributed by atoms with Gasteiger partial charge in [0, 0.05) is 6.54 Å². The molecule has 1 atom stereocenters. The molecule has 3 aliphatic rings. The van der Waals surface area contributed by atoms with E-state index in [1.54, 1.807) is 0 Å². The summed E-state index contributed by atoms with van der Waals surface area (Å²) in [4.78, 5) is 14.5. The van der Waals surface area contributed by atoms with Crippen molar-refractivity contribution < 1.29 is 4.79 Å². The molecule has 0 radical (unpaired) electrons. The lowest BCUT2D eigenvalue weighted by Crippen LogP contribution is -2.38. The van der Waals surface area contributed by atoms with Crippen LogP contribution in [0.4, 0.5) is 0 Å². The zero-order valence-corrected chi connectivity index (χ0v) is 10.9. The Hall–Kier alpha value is -0.570. The van der Waals surface area contributed by atoms with Crippen LogP contribution in [0.15, 0.2) is 0 Å². The second-order valence-corrected chi connectivity index (χ2v) is 6.12.